The second kappa shape index (κ2) is 6.60. The highest BCUT2D eigenvalue weighted by molar-refractivity contribution is 5.80. The minimum absolute atomic E-state index is 0.148. The fourth-order valence-corrected chi connectivity index (χ4v) is 3.14. The van der Waals surface area contributed by atoms with Gasteiger partial charge in [-0.25, -0.2) is 0 Å². The number of hydrogen-bond acceptors (Lipinski definition) is 3. The Morgan fingerprint density at radius 1 is 1.21 bits per heavy atom. The molecule has 1 aliphatic carbocycles. The maximum Gasteiger partial charge on any atom is 0.313 e. The van der Waals surface area contributed by atoms with Crippen molar-refractivity contribution in [3.8, 4) is 0 Å². The Balaban J connectivity index is 2.30. The van der Waals surface area contributed by atoms with Crippen molar-refractivity contribution in [2.45, 2.75) is 44.4 Å². The monoisotopic (exact) mass is 261 g/mol. The molecular formula is C16H23NO2. The molecule has 1 unspecified atom stereocenters. The molecule has 19 heavy (non-hydrogen) atoms. The molecule has 1 aliphatic rings. The van der Waals surface area contributed by atoms with Crippen molar-refractivity contribution < 1.29 is 9.53 Å². The van der Waals surface area contributed by atoms with Crippen molar-refractivity contribution in [2.24, 2.45) is 5.92 Å². The number of esters is 1. The summed E-state index contributed by atoms with van der Waals surface area (Å²) in [6, 6.07) is 7.67. The maximum absolute atomic E-state index is 12.2. The average molecular weight is 261 g/mol. The van der Waals surface area contributed by atoms with Crippen LogP contribution in [-0.2, 0) is 9.53 Å². The third-order valence-electron chi connectivity index (χ3n) is 4.16. The van der Waals surface area contributed by atoms with Crippen LogP contribution in [0.15, 0.2) is 24.3 Å². The van der Waals surface area contributed by atoms with Crippen molar-refractivity contribution in [1.82, 2.24) is 0 Å². The van der Waals surface area contributed by atoms with Crippen molar-refractivity contribution >= 4 is 11.7 Å². The normalized spacial score (nSPS) is 18.6. The highest BCUT2D eigenvalue weighted by Gasteiger charge is 2.32. The van der Waals surface area contributed by atoms with Crippen molar-refractivity contribution in [3.05, 3.63) is 29.8 Å². The first-order valence-corrected chi connectivity index (χ1v) is 7.16. The number of nitrogen functional groups attached to an aromatic ring is 1. The van der Waals surface area contributed by atoms with Gasteiger partial charge in [0.25, 0.3) is 0 Å². The maximum atomic E-state index is 12.2. The van der Waals surface area contributed by atoms with E-state index in [2.05, 4.69) is 0 Å². The molecule has 2 N–H and O–H groups in total. The predicted molar refractivity (Wildman–Crippen MR) is 76.8 cm³/mol. The fraction of sp³-hybridized carbons (Fsp3) is 0.562. The largest absolute Gasteiger partial charge is 0.469 e. The molecule has 1 fully saturated rings. The molecule has 0 aromatic heterocycles. The second-order valence-corrected chi connectivity index (χ2v) is 5.38. The highest BCUT2D eigenvalue weighted by atomic mass is 16.5. The van der Waals surface area contributed by atoms with Gasteiger partial charge in [0.15, 0.2) is 0 Å². The number of benzene rings is 1. The van der Waals surface area contributed by atoms with E-state index in [4.69, 9.17) is 10.5 Å². The third kappa shape index (κ3) is 3.28. The van der Waals surface area contributed by atoms with Gasteiger partial charge in [0, 0.05) is 5.69 Å². The summed E-state index contributed by atoms with van der Waals surface area (Å²) in [6.07, 6.45) is 7.13. The van der Waals surface area contributed by atoms with Crippen LogP contribution in [-0.4, -0.2) is 13.1 Å². The zero-order valence-corrected chi connectivity index (χ0v) is 11.6. The first-order chi connectivity index (χ1) is 9.24. The van der Waals surface area contributed by atoms with E-state index in [1.54, 1.807) is 0 Å². The van der Waals surface area contributed by atoms with Crippen LogP contribution in [0.5, 0.6) is 0 Å². The number of para-hydroxylation sites is 1. The SMILES string of the molecule is COC(=O)C(c1ccccc1N)C1CCCCCC1. The standard InChI is InChI=1S/C16H23NO2/c1-19-16(18)15(12-8-4-2-3-5-9-12)13-10-6-7-11-14(13)17/h6-7,10-12,15H,2-5,8-9,17H2,1H3. The molecule has 1 aromatic carbocycles. The zero-order chi connectivity index (χ0) is 13.7. The summed E-state index contributed by atoms with van der Waals surface area (Å²) in [5, 5.41) is 0. The van der Waals surface area contributed by atoms with Crippen molar-refractivity contribution in [3.63, 3.8) is 0 Å². The second-order valence-electron chi connectivity index (χ2n) is 5.38. The smallest absolute Gasteiger partial charge is 0.313 e. The molecular weight excluding hydrogens is 238 g/mol. The number of carbonyl (C=O) groups excluding carboxylic acids is 1. The summed E-state index contributed by atoms with van der Waals surface area (Å²) < 4.78 is 5.02. The van der Waals surface area contributed by atoms with E-state index in [0.29, 0.717) is 11.6 Å². The average Bonchev–Trinajstić information content (AvgIpc) is 2.70. The van der Waals surface area contributed by atoms with Gasteiger partial charge in [-0.2, -0.15) is 0 Å². The number of hydrogen-bond donors (Lipinski definition) is 1. The predicted octanol–water partition coefficient (Wildman–Crippen LogP) is 3.50. The first-order valence-electron chi connectivity index (χ1n) is 7.16. The Morgan fingerprint density at radius 2 is 1.84 bits per heavy atom. The molecule has 2 rings (SSSR count). The van der Waals surface area contributed by atoms with Crippen LogP contribution < -0.4 is 5.73 Å². The van der Waals surface area contributed by atoms with E-state index in [0.717, 1.165) is 18.4 Å². The molecule has 104 valence electrons. The third-order valence-corrected chi connectivity index (χ3v) is 4.16. The molecule has 1 aromatic rings. The summed E-state index contributed by atoms with van der Waals surface area (Å²) in [7, 11) is 1.46. The molecule has 0 spiro atoms. The Hall–Kier alpha value is -1.51. The molecule has 0 heterocycles. The van der Waals surface area contributed by atoms with Crippen LogP contribution in [0.3, 0.4) is 0 Å². The molecule has 3 heteroatoms. The van der Waals surface area contributed by atoms with Gasteiger partial charge < -0.3 is 10.5 Å². The van der Waals surface area contributed by atoms with Crippen LogP contribution in [0.2, 0.25) is 0 Å². The van der Waals surface area contributed by atoms with Gasteiger partial charge in [0.05, 0.1) is 13.0 Å². The molecule has 0 amide bonds. The number of anilines is 1. The van der Waals surface area contributed by atoms with Crippen LogP contribution in [0.1, 0.15) is 50.0 Å². The molecule has 0 saturated heterocycles. The molecule has 0 radical (unpaired) electrons. The van der Waals surface area contributed by atoms with Crippen molar-refractivity contribution in [2.75, 3.05) is 12.8 Å². The number of rotatable bonds is 3. The number of ether oxygens (including phenoxy) is 1. The van der Waals surface area contributed by atoms with Crippen LogP contribution in [0.4, 0.5) is 5.69 Å². The van der Waals surface area contributed by atoms with Crippen LogP contribution in [0, 0.1) is 5.92 Å². The number of nitrogens with two attached hydrogens (primary N) is 1. The first kappa shape index (κ1) is 13.9. The van der Waals surface area contributed by atoms with Gasteiger partial charge in [-0.05, 0) is 30.4 Å². The molecule has 0 bridgehead atoms. The zero-order valence-electron chi connectivity index (χ0n) is 11.6. The van der Waals surface area contributed by atoms with E-state index < -0.39 is 0 Å². The molecule has 1 atom stereocenters. The van der Waals surface area contributed by atoms with E-state index in [9.17, 15) is 4.79 Å². The Morgan fingerprint density at radius 3 is 2.42 bits per heavy atom. The van der Waals surface area contributed by atoms with Gasteiger partial charge >= 0.3 is 5.97 Å². The summed E-state index contributed by atoms with van der Waals surface area (Å²) in [6.45, 7) is 0. The fourth-order valence-electron chi connectivity index (χ4n) is 3.14. The van der Waals surface area contributed by atoms with Gasteiger partial charge in [-0.15, -0.1) is 0 Å². The van der Waals surface area contributed by atoms with E-state index in [-0.39, 0.29) is 11.9 Å². The van der Waals surface area contributed by atoms with Crippen LogP contribution >= 0.6 is 0 Å². The lowest BCUT2D eigenvalue weighted by Gasteiger charge is -2.25. The number of carbonyl (C=O) groups is 1. The van der Waals surface area contributed by atoms with Gasteiger partial charge in [-0.1, -0.05) is 43.9 Å². The summed E-state index contributed by atoms with van der Waals surface area (Å²) >= 11 is 0. The molecule has 0 aliphatic heterocycles. The Bertz CT molecular complexity index is 423. The lowest BCUT2D eigenvalue weighted by atomic mass is 9.81. The van der Waals surface area contributed by atoms with Gasteiger partial charge in [-0.3, -0.25) is 4.79 Å². The van der Waals surface area contributed by atoms with Gasteiger partial charge in [0.1, 0.15) is 0 Å². The quantitative estimate of drug-likeness (QED) is 0.515. The Kier molecular flexibility index (Phi) is 4.83. The van der Waals surface area contributed by atoms with Gasteiger partial charge in [0.2, 0.25) is 0 Å². The summed E-state index contributed by atoms with van der Waals surface area (Å²) in [5.41, 5.74) is 7.68. The summed E-state index contributed by atoms with van der Waals surface area (Å²) in [5.74, 6) is 0.00810. The summed E-state index contributed by atoms with van der Waals surface area (Å²) in [4.78, 5) is 12.2. The minimum Gasteiger partial charge on any atom is -0.469 e. The van der Waals surface area contributed by atoms with E-state index in [1.165, 1.54) is 32.8 Å². The Labute approximate surface area is 115 Å². The molecule has 1 saturated carbocycles. The topological polar surface area (TPSA) is 52.3 Å². The van der Waals surface area contributed by atoms with E-state index >= 15 is 0 Å². The van der Waals surface area contributed by atoms with Crippen LogP contribution in [0.25, 0.3) is 0 Å². The highest BCUT2D eigenvalue weighted by Crippen LogP contribution is 2.38. The number of methoxy groups -OCH3 is 1. The minimum atomic E-state index is -0.204. The lowest BCUT2D eigenvalue weighted by molar-refractivity contribution is -0.144. The van der Waals surface area contributed by atoms with E-state index in [1.807, 2.05) is 24.3 Å². The lowest BCUT2D eigenvalue weighted by Crippen LogP contribution is -2.24. The van der Waals surface area contributed by atoms with Crippen molar-refractivity contribution in [1.29, 1.82) is 0 Å². The molecule has 3 nitrogen and oxygen atoms in total.